The van der Waals surface area contributed by atoms with Gasteiger partial charge in [-0.3, -0.25) is 9.48 Å². The maximum absolute atomic E-state index is 13.3. The Kier molecular flexibility index (Phi) is 6.26. The second-order valence-electron chi connectivity index (χ2n) is 6.10. The second-order valence-corrected chi connectivity index (χ2v) is 7.42. The maximum atomic E-state index is 13.3. The van der Waals surface area contributed by atoms with Crippen LogP contribution in [-0.4, -0.2) is 28.3 Å². The monoisotopic (exact) mass is 406 g/mol. The molecule has 27 heavy (non-hydrogen) atoms. The van der Waals surface area contributed by atoms with Gasteiger partial charge in [0.1, 0.15) is 5.82 Å². The van der Waals surface area contributed by atoms with E-state index in [1.165, 1.54) is 23.5 Å². The van der Waals surface area contributed by atoms with E-state index in [0.29, 0.717) is 22.9 Å². The van der Waals surface area contributed by atoms with Gasteiger partial charge in [0.2, 0.25) is 0 Å². The van der Waals surface area contributed by atoms with E-state index in [0.717, 1.165) is 16.8 Å². The third-order valence-electron chi connectivity index (χ3n) is 4.18. The van der Waals surface area contributed by atoms with Crippen LogP contribution in [0.25, 0.3) is 11.3 Å². The highest BCUT2D eigenvalue weighted by atomic mass is 35.5. The number of aromatic nitrogens is 2. The molecular formula is C19H20ClFN4OS. The van der Waals surface area contributed by atoms with E-state index < -0.39 is 0 Å². The summed E-state index contributed by atoms with van der Waals surface area (Å²) in [6.45, 7) is 2.92. The molecule has 0 saturated heterocycles. The number of nitrogens with one attached hydrogen (secondary N) is 1. The summed E-state index contributed by atoms with van der Waals surface area (Å²) >= 11 is 7.56. The van der Waals surface area contributed by atoms with Gasteiger partial charge < -0.3 is 11.1 Å². The molecule has 2 aromatic heterocycles. The van der Waals surface area contributed by atoms with Crippen LogP contribution in [0.3, 0.4) is 0 Å². The van der Waals surface area contributed by atoms with Gasteiger partial charge in [0.25, 0.3) is 5.91 Å². The molecule has 2 heterocycles. The summed E-state index contributed by atoms with van der Waals surface area (Å²) in [6, 6.07) is 7.81. The number of rotatable bonds is 7. The van der Waals surface area contributed by atoms with Gasteiger partial charge in [0, 0.05) is 30.1 Å². The first-order chi connectivity index (χ1) is 13.0. The van der Waals surface area contributed by atoms with Gasteiger partial charge in [0.05, 0.1) is 21.8 Å². The summed E-state index contributed by atoms with van der Waals surface area (Å²) in [5, 5.41) is 9.57. The highest BCUT2D eigenvalue weighted by Gasteiger charge is 2.18. The number of aryl methyl sites for hydroxylation is 1. The van der Waals surface area contributed by atoms with Gasteiger partial charge in [0.15, 0.2) is 0 Å². The number of halogens is 2. The quantitative estimate of drug-likeness (QED) is 0.628. The molecule has 142 valence electrons. The van der Waals surface area contributed by atoms with Crippen LogP contribution in [0.4, 0.5) is 4.39 Å². The standard InChI is InChI=1S/C19H20ClFN4OS/c1-2-25-18(16(20)10-23-25)13-8-17(27-11-13)19(26)24-15(9-22)7-12-4-3-5-14(21)6-12/h3-6,8,10-11,15H,2,7,9,22H2,1H3,(H,24,26)/t15-/m0/s1. The zero-order valence-corrected chi connectivity index (χ0v) is 16.4. The van der Waals surface area contributed by atoms with Crippen LogP contribution in [-0.2, 0) is 13.0 Å². The molecule has 0 radical (unpaired) electrons. The molecule has 1 atom stereocenters. The Bertz CT molecular complexity index is 939. The summed E-state index contributed by atoms with van der Waals surface area (Å²) in [5.74, 6) is -0.515. The van der Waals surface area contributed by atoms with Crippen molar-refractivity contribution >= 4 is 28.8 Å². The topological polar surface area (TPSA) is 72.9 Å². The number of hydrogen-bond donors (Lipinski definition) is 2. The first-order valence-electron chi connectivity index (χ1n) is 8.57. The molecule has 0 aliphatic rings. The van der Waals surface area contributed by atoms with E-state index in [1.807, 2.05) is 18.4 Å². The van der Waals surface area contributed by atoms with Crippen molar-refractivity contribution in [2.75, 3.05) is 6.54 Å². The number of benzene rings is 1. The lowest BCUT2D eigenvalue weighted by Gasteiger charge is -2.16. The van der Waals surface area contributed by atoms with Crippen LogP contribution in [0.5, 0.6) is 0 Å². The number of carbonyl (C=O) groups excluding carboxylic acids is 1. The summed E-state index contributed by atoms with van der Waals surface area (Å²) < 4.78 is 15.1. The molecule has 5 nitrogen and oxygen atoms in total. The van der Waals surface area contributed by atoms with Crippen LogP contribution in [0, 0.1) is 5.82 Å². The highest BCUT2D eigenvalue weighted by molar-refractivity contribution is 7.12. The molecule has 8 heteroatoms. The Morgan fingerprint density at radius 1 is 1.44 bits per heavy atom. The SMILES string of the molecule is CCn1ncc(Cl)c1-c1csc(C(=O)N[C@H](CN)Cc2cccc(F)c2)c1. The highest BCUT2D eigenvalue weighted by Crippen LogP contribution is 2.31. The zero-order chi connectivity index (χ0) is 19.4. The number of amides is 1. The van der Waals surface area contributed by atoms with Crippen molar-refractivity contribution in [1.82, 2.24) is 15.1 Å². The number of carbonyl (C=O) groups is 1. The predicted molar refractivity (Wildman–Crippen MR) is 107 cm³/mol. The van der Waals surface area contributed by atoms with E-state index in [2.05, 4.69) is 10.4 Å². The summed E-state index contributed by atoms with van der Waals surface area (Å²) in [5.41, 5.74) is 8.23. The fraction of sp³-hybridized carbons (Fsp3) is 0.263. The largest absolute Gasteiger partial charge is 0.347 e. The van der Waals surface area contributed by atoms with Crippen LogP contribution in [0.2, 0.25) is 5.02 Å². The van der Waals surface area contributed by atoms with E-state index in [4.69, 9.17) is 17.3 Å². The molecule has 3 N–H and O–H groups in total. The first kappa shape index (κ1) is 19.5. The normalized spacial score (nSPS) is 12.1. The first-order valence-corrected chi connectivity index (χ1v) is 9.83. The number of nitrogens with zero attached hydrogens (tertiary/aromatic N) is 2. The van der Waals surface area contributed by atoms with Crippen molar-refractivity contribution in [1.29, 1.82) is 0 Å². The fourth-order valence-electron chi connectivity index (χ4n) is 2.87. The van der Waals surface area contributed by atoms with E-state index in [-0.39, 0.29) is 24.3 Å². The lowest BCUT2D eigenvalue weighted by molar-refractivity contribution is 0.0942. The van der Waals surface area contributed by atoms with E-state index >= 15 is 0 Å². The summed E-state index contributed by atoms with van der Waals surface area (Å²) in [6.07, 6.45) is 2.06. The summed E-state index contributed by atoms with van der Waals surface area (Å²) in [7, 11) is 0. The van der Waals surface area contributed by atoms with E-state index in [1.54, 1.807) is 23.0 Å². The average molecular weight is 407 g/mol. The Morgan fingerprint density at radius 2 is 2.26 bits per heavy atom. The Balaban J connectivity index is 1.72. The van der Waals surface area contributed by atoms with E-state index in [9.17, 15) is 9.18 Å². The average Bonchev–Trinajstić information content (AvgIpc) is 3.27. The van der Waals surface area contributed by atoms with Crippen molar-refractivity contribution in [3.05, 3.63) is 63.2 Å². The molecule has 0 bridgehead atoms. The van der Waals surface area contributed by atoms with Crippen molar-refractivity contribution in [2.24, 2.45) is 5.73 Å². The van der Waals surface area contributed by atoms with Gasteiger partial charge in [-0.05, 0) is 37.1 Å². The molecule has 1 amide bonds. The third kappa shape index (κ3) is 4.55. The second kappa shape index (κ2) is 8.65. The molecule has 0 aliphatic heterocycles. The van der Waals surface area contributed by atoms with Gasteiger partial charge in [-0.2, -0.15) is 5.10 Å². The number of nitrogens with two attached hydrogens (primary N) is 1. The van der Waals surface area contributed by atoms with Crippen LogP contribution >= 0.6 is 22.9 Å². The minimum Gasteiger partial charge on any atom is -0.347 e. The molecule has 0 saturated carbocycles. The van der Waals surface area contributed by atoms with Crippen molar-refractivity contribution < 1.29 is 9.18 Å². The molecular weight excluding hydrogens is 387 g/mol. The minimum atomic E-state index is -0.304. The van der Waals surface area contributed by atoms with Crippen LogP contribution in [0.15, 0.2) is 41.9 Å². The minimum absolute atomic E-state index is 0.211. The van der Waals surface area contributed by atoms with Gasteiger partial charge in [-0.25, -0.2) is 4.39 Å². The van der Waals surface area contributed by atoms with Crippen molar-refractivity contribution in [3.8, 4) is 11.3 Å². The van der Waals surface area contributed by atoms with Gasteiger partial charge in [-0.1, -0.05) is 23.7 Å². The Labute approximate surface area is 166 Å². The molecule has 3 aromatic rings. The molecule has 1 aromatic carbocycles. The third-order valence-corrected chi connectivity index (χ3v) is 5.39. The van der Waals surface area contributed by atoms with Gasteiger partial charge in [-0.15, -0.1) is 11.3 Å². The molecule has 0 spiro atoms. The molecule has 0 unspecified atom stereocenters. The number of hydrogen-bond acceptors (Lipinski definition) is 4. The molecule has 0 aliphatic carbocycles. The van der Waals surface area contributed by atoms with Crippen LogP contribution in [0.1, 0.15) is 22.2 Å². The fourth-order valence-corrected chi connectivity index (χ4v) is 3.91. The Morgan fingerprint density at radius 3 is 2.96 bits per heavy atom. The molecule has 3 rings (SSSR count). The van der Waals surface area contributed by atoms with Gasteiger partial charge >= 0.3 is 0 Å². The summed E-state index contributed by atoms with van der Waals surface area (Å²) in [4.78, 5) is 13.2. The lowest BCUT2D eigenvalue weighted by atomic mass is 10.1. The maximum Gasteiger partial charge on any atom is 0.261 e. The number of thiophene rings is 1. The van der Waals surface area contributed by atoms with Crippen molar-refractivity contribution in [3.63, 3.8) is 0 Å². The van der Waals surface area contributed by atoms with Crippen molar-refractivity contribution in [2.45, 2.75) is 25.9 Å². The molecule has 0 fully saturated rings. The zero-order valence-electron chi connectivity index (χ0n) is 14.8. The predicted octanol–water partition coefficient (Wildman–Crippen LogP) is 3.72. The lowest BCUT2D eigenvalue weighted by Crippen LogP contribution is -2.41. The smallest absolute Gasteiger partial charge is 0.261 e. The van der Waals surface area contributed by atoms with Crippen LogP contribution < -0.4 is 11.1 Å². The Hall–Kier alpha value is -2.22.